The third kappa shape index (κ3) is 3.27. The van der Waals surface area contributed by atoms with E-state index in [1.807, 2.05) is 6.92 Å². The lowest BCUT2D eigenvalue weighted by Crippen LogP contribution is -2.35. The zero-order chi connectivity index (χ0) is 14.0. The maximum Gasteiger partial charge on any atom is 0.310 e. The Morgan fingerprint density at radius 1 is 1.42 bits per heavy atom. The molecular formula is C12H21NO5S. The number of esters is 1. The molecule has 7 heteroatoms. The van der Waals surface area contributed by atoms with E-state index in [2.05, 4.69) is 0 Å². The fourth-order valence-corrected chi connectivity index (χ4v) is 4.52. The van der Waals surface area contributed by atoms with E-state index in [4.69, 9.17) is 9.47 Å². The standard InChI is InChI=1S/C12H21NO5S/c1-9-6-13(7-11(9)12(14)17-2)19(15,16)8-10-4-3-5-18-10/h9-11H,3-8H2,1-2H3. The zero-order valence-electron chi connectivity index (χ0n) is 11.4. The first-order valence-electron chi connectivity index (χ1n) is 6.61. The minimum atomic E-state index is -3.35. The second-order valence-corrected chi connectivity index (χ2v) is 7.35. The molecule has 0 aliphatic carbocycles. The number of methoxy groups -OCH3 is 1. The number of carbonyl (C=O) groups excluding carboxylic acids is 1. The maximum atomic E-state index is 12.3. The van der Waals surface area contributed by atoms with Crippen molar-refractivity contribution in [3.05, 3.63) is 0 Å². The molecule has 2 heterocycles. The first-order chi connectivity index (χ1) is 8.94. The fourth-order valence-electron chi connectivity index (χ4n) is 2.72. The lowest BCUT2D eigenvalue weighted by atomic mass is 9.99. The molecule has 2 aliphatic heterocycles. The summed E-state index contributed by atoms with van der Waals surface area (Å²) in [7, 11) is -2.02. The first kappa shape index (κ1) is 14.7. The van der Waals surface area contributed by atoms with Crippen molar-refractivity contribution in [3.8, 4) is 0 Å². The van der Waals surface area contributed by atoms with Gasteiger partial charge in [0.15, 0.2) is 0 Å². The molecule has 2 saturated heterocycles. The van der Waals surface area contributed by atoms with E-state index in [0.29, 0.717) is 13.2 Å². The van der Waals surface area contributed by atoms with Gasteiger partial charge in [0.25, 0.3) is 0 Å². The van der Waals surface area contributed by atoms with Gasteiger partial charge in [-0.05, 0) is 18.8 Å². The van der Waals surface area contributed by atoms with E-state index in [0.717, 1.165) is 12.8 Å². The fraction of sp³-hybridized carbons (Fsp3) is 0.917. The Hall–Kier alpha value is -0.660. The average molecular weight is 291 g/mol. The minimum absolute atomic E-state index is 0.00767. The van der Waals surface area contributed by atoms with Gasteiger partial charge in [0, 0.05) is 19.7 Å². The molecule has 0 saturated carbocycles. The van der Waals surface area contributed by atoms with E-state index in [9.17, 15) is 13.2 Å². The summed E-state index contributed by atoms with van der Waals surface area (Å²) < 4.78 is 36.1. The molecule has 110 valence electrons. The third-order valence-electron chi connectivity index (χ3n) is 3.90. The Bertz CT molecular complexity index is 429. The van der Waals surface area contributed by atoms with Crippen LogP contribution < -0.4 is 0 Å². The number of rotatable bonds is 4. The molecule has 0 radical (unpaired) electrons. The van der Waals surface area contributed by atoms with Gasteiger partial charge >= 0.3 is 5.97 Å². The quantitative estimate of drug-likeness (QED) is 0.694. The summed E-state index contributed by atoms with van der Waals surface area (Å²) in [5, 5.41) is 0. The van der Waals surface area contributed by atoms with Crippen LogP contribution in [0.3, 0.4) is 0 Å². The van der Waals surface area contributed by atoms with Gasteiger partial charge < -0.3 is 9.47 Å². The molecule has 0 N–H and O–H groups in total. The molecule has 2 aliphatic rings. The smallest absolute Gasteiger partial charge is 0.310 e. The van der Waals surface area contributed by atoms with Crippen LogP contribution >= 0.6 is 0 Å². The number of sulfonamides is 1. The molecule has 3 atom stereocenters. The lowest BCUT2D eigenvalue weighted by molar-refractivity contribution is -0.145. The van der Waals surface area contributed by atoms with E-state index < -0.39 is 10.0 Å². The Kier molecular flexibility index (Phi) is 4.47. The lowest BCUT2D eigenvalue weighted by Gasteiger charge is -2.18. The number of carbonyl (C=O) groups is 1. The summed E-state index contributed by atoms with van der Waals surface area (Å²) in [6.07, 6.45) is 1.52. The van der Waals surface area contributed by atoms with Crippen molar-refractivity contribution in [1.82, 2.24) is 4.31 Å². The third-order valence-corrected chi connectivity index (χ3v) is 5.77. The summed E-state index contributed by atoms with van der Waals surface area (Å²) in [6, 6.07) is 0. The number of ether oxygens (including phenoxy) is 2. The second kappa shape index (κ2) is 5.76. The summed E-state index contributed by atoms with van der Waals surface area (Å²) >= 11 is 0. The van der Waals surface area contributed by atoms with Gasteiger partial charge in [0.2, 0.25) is 10.0 Å². The summed E-state index contributed by atoms with van der Waals surface area (Å²) in [6.45, 7) is 3.13. The van der Waals surface area contributed by atoms with E-state index in [-0.39, 0.29) is 36.2 Å². The van der Waals surface area contributed by atoms with Crippen LogP contribution in [0.15, 0.2) is 0 Å². The highest BCUT2D eigenvalue weighted by Gasteiger charge is 2.41. The van der Waals surface area contributed by atoms with Crippen LogP contribution in [-0.4, -0.2) is 57.4 Å². The molecule has 0 spiro atoms. The molecule has 0 aromatic carbocycles. The maximum absolute atomic E-state index is 12.3. The van der Waals surface area contributed by atoms with Crippen LogP contribution in [-0.2, 0) is 24.3 Å². The monoisotopic (exact) mass is 291 g/mol. The summed E-state index contributed by atoms with van der Waals surface area (Å²) in [4.78, 5) is 11.6. The van der Waals surface area contributed by atoms with Crippen molar-refractivity contribution in [2.24, 2.45) is 11.8 Å². The van der Waals surface area contributed by atoms with Crippen molar-refractivity contribution < 1.29 is 22.7 Å². The summed E-state index contributed by atoms with van der Waals surface area (Å²) in [5.41, 5.74) is 0. The van der Waals surface area contributed by atoms with Crippen LogP contribution in [0, 0.1) is 11.8 Å². The van der Waals surface area contributed by atoms with Crippen molar-refractivity contribution >= 4 is 16.0 Å². The molecule has 6 nitrogen and oxygen atoms in total. The van der Waals surface area contributed by atoms with Crippen LogP contribution in [0.5, 0.6) is 0 Å². The SMILES string of the molecule is COC(=O)C1CN(S(=O)(=O)CC2CCCO2)CC1C. The van der Waals surface area contributed by atoms with Crippen molar-refractivity contribution in [3.63, 3.8) is 0 Å². The topological polar surface area (TPSA) is 72.9 Å². The number of hydrogen-bond acceptors (Lipinski definition) is 5. The van der Waals surface area contributed by atoms with Gasteiger partial charge in [-0.3, -0.25) is 4.79 Å². The molecule has 3 unspecified atom stereocenters. The second-order valence-electron chi connectivity index (χ2n) is 5.34. The van der Waals surface area contributed by atoms with Gasteiger partial charge in [0.1, 0.15) is 0 Å². The predicted molar refractivity (Wildman–Crippen MR) is 69.0 cm³/mol. The van der Waals surface area contributed by atoms with Gasteiger partial charge in [-0.1, -0.05) is 6.92 Å². The molecule has 0 aromatic heterocycles. The van der Waals surface area contributed by atoms with Crippen LogP contribution in [0.2, 0.25) is 0 Å². The number of hydrogen-bond donors (Lipinski definition) is 0. The van der Waals surface area contributed by atoms with Gasteiger partial charge in [-0.15, -0.1) is 0 Å². The largest absolute Gasteiger partial charge is 0.469 e. The molecule has 2 rings (SSSR count). The molecule has 0 aromatic rings. The highest BCUT2D eigenvalue weighted by atomic mass is 32.2. The molecule has 0 amide bonds. The minimum Gasteiger partial charge on any atom is -0.469 e. The Labute approximate surface area is 114 Å². The van der Waals surface area contributed by atoms with Crippen molar-refractivity contribution in [1.29, 1.82) is 0 Å². The molecule has 19 heavy (non-hydrogen) atoms. The van der Waals surface area contributed by atoms with Crippen LogP contribution in [0.4, 0.5) is 0 Å². The molecule has 2 fully saturated rings. The van der Waals surface area contributed by atoms with Crippen molar-refractivity contribution in [2.45, 2.75) is 25.9 Å². The van der Waals surface area contributed by atoms with E-state index in [1.54, 1.807) is 0 Å². The predicted octanol–water partition coefficient (Wildman–Crippen LogP) is 0.236. The Morgan fingerprint density at radius 3 is 2.74 bits per heavy atom. The average Bonchev–Trinajstić information content (AvgIpc) is 2.97. The van der Waals surface area contributed by atoms with Gasteiger partial charge in [0.05, 0.1) is 24.9 Å². The Balaban J connectivity index is 2.00. The van der Waals surface area contributed by atoms with Crippen LogP contribution in [0.25, 0.3) is 0 Å². The normalized spacial score (nSPS) is 32.6. The van der Waals surface area contributed by atoms with Gasteiger partial charge in [-0.25, -0.2) is 12.7 Å². The summed E-state index contributed by atoms with van der Waals surface area (Å²) in [5.74, 6) is -0.675. The molecule has 0 bridgehead atoms. The van der Waals surface area contributed by atoms with Crippen molar-refractivity contribution in [2.75, 3.05) is 32.6 Å². The highest BCUT2D eigenvalue weighted by Crippen LogP contribution is 2.27. The Morgan fingerprint density at radius 2 is 2.16 bits per heavy atom. The van der Waals surface area contributed by atoms with Crippen LogP contribution in [0.1, 0.15) is 19.8 Å². The first-order valence-corrected chi connectivity index (χ1v) is 8.22. The van der Waals surface area contributed by atoms with E-state index >= 15 is 0 Å². The molecular weight excluding hydrogens is 270 g/mol. The van der Waals surface area contributed by atoms with E-state index in [1.165, 1.54) is 11.4 Å². The van der Waals surface area contributed by atoms with Gasteiger partial charge in [-0.2, -0.15) is 0 Å². The zero-order valence-corrected chi connectivity index (χ0v) is 12.2. The highest BCUT2D eigenvalue weighted by molar-refractivity contribution is 7.89. The number of nitrogens with zero attached hydrogens (tertiary/aromatic N) is 1.